The Labute approximate surface area is 106 Å². The zero-order valence-corrected chi connectivity index (χ0v) is 11.3. The molecule has 0 amide bonds. The summed E-state index contributed by atoms with van der Waals surface area (Å²) in [7, 11) is 2.10. The number of hydrogen-bond acceptors (Lipinski definition) is 2. The number of nitrogens with zero attached hydrogens (tertiary/aromatic N) is 1. The fourth-order valence-electron chi connectivity index (χ4n) is 4.46. The summed E-state index contributed by atoms with van der Waals surface area (Å²) in [6.45, 7) is 4.05. The van der Waals surface area contributed by atoms with Crippen LogP contribution in [-0.4, -0.2) is 37.6 Å². The molecule has 0 spiro atoms. The molecule has 2 nitrogen and oxygen atoms in total. The molecule has 98 valence electrons. The molecule has 0 aromatic heterocycles. The molecule has 1 N–H and O–H groups in total. The average Bonchev–Trinajstić information content (AvgIpc) is 2.34. The van der Waals surface area contributed by atoms with Gasteiger partial charge in [-0.15, -0.1) is 0 Å². The molecule has 4 unspecified atom stereocenters. The maximum atomic E-state index is 3.37. The van der Waals surface area contributed by atoms with E-state index in [1.807, 2.05) is 0 Å². The van der Waals surface area contributed by atoms with Gasteiger partial charge in [-0.05, 0) is 63.6 Å². The van der Waals surface area contributed by atoms with Crippen LogP contribution in [0.5, 0.6) is 0 Å². The average molecular weight is 236 g/mol. The standard InChI is InChI=1S/C15H28N2/c1-16-10-13-6-7-15(13)17-9-8-12-4-2-3-5-14(12)11-17/h12-16H,2-11H2,1H3. The molecular formula is C15H28N2. The molecule has 0 aromatic rings. The number of likely N-dealkylation sites (tertiary alicyclic amines) is 1. The number of rotatable bonds is 3. The summed E-state index contributed by atoms with van der Waals surface area (Å²) in [4.78, 5) is 2.85. The minimum atomic E-state index is 0.922. The van der Waals surface area contributed by atoms with Gasteiger partial charge in [0.2, 0.25) is 0 Å². The summed E-state index contributed by atoms with van der Waals surface area (Å²) in [6.07, 6.45) is 10.5. The van der Waals surface area contributed by atoms with Crippen LogP contribution in [0.1, 0.15) is 44.9 Å². The molecule has 0 aromatic carbocycles. The maximum absolute atomic E-state index is 3.37. The minimum Gasteiger partial charge on any atom is -0.319 e. The minimum absolute atomic E-state index is 0.922. The largest absolute Gasteiger partial charge is 0.319 e. The Hall–Kier alpha value is -0.0800. The highest BCUT2D eigenvalue weighted by Gasteiger charge is 2.39. The first-order chi connectivity index (χ1) is 8.38. The van der Waals surface area contributed by atoms with Crippen molar-refractivity contribution in [3.05, 3.63) is 0 Å². The number of piperidine rings is 1. The highest BCUT2D eigenvalue weighted by molar-refractivity contribution is 4.94. The predicted molar refractivity (Wildman–Crippen MR) is 72.1 cm³/mol. The second kappa shape index (κ2) is 5.27. The highest BCUT2D eigenvalue weighted by atomic mass is 15.2. The van der Waals surface area contributed by atoms with Crippen LogP contribution >= 0.6 is 0 Å². The number of fused-ring (bicyclic) bond motifs is 1. The van der Waals surface area contributed by atoms with Crippen molar-refractivity contribution in [1.82, 2.24) is 10.2 Å². The van der Waals surface area contributed by atoms with E-state index < -0.39 is 0 Å². The molecule has 1 saturated heterocycles. The Morgan fingerprint density at radius 2 is 1.82 bits per heavy atom. The lowest BCUT2D eigenvalue weighted by atomic mass is 9.72. The van der Waals surface area contributed by atoms with E-state index in [1.54, 1.807) is 0 Å². The van der Waals surface area contributed by atoms with E-state index in [-0.39, 0.29) is 0 Å². The van der Waals surface area contributed by atoms with Crippen molar-refractivity contribution in [2.75, 3.05) is 26.7 Å². The molecule has 0 bridgehead atoms. The van der Waals surface area contributed by atoms with E-state index in [0.29, 0.717) is 0 Å². The Bertz CT molecular complexity index is 253. The molecular weight excluding hydrogens is 208 g/mol. The van der Waals surface area contributed by atoms with E-state index in [2.05, 4.69) is 17.3 Å². The quantitative estimate of drug-likeness (QED) is 0.810. The third kappa shape index (κ3) is 2.39. The fourth-order valence-corrected chi connectivity index (χ4v) is 4.46. The lowest BCUT2D eigenvalue weighted by Crippen LogP contribution is -2.54. The molecule has 3 aliphatic rings. The molecule has 3 rings (SSSR count). The van der Waals surface area contributed by atoms with Gasteiger partial charge in [0.1, 0.15) is 0 Å². The molecule has 17 heavy (non-hydrogen) atoms. The monoisotopic (exact) mass is 236 g/mol. The van der Waals surface area contributed by atoms with Crippen LogP contribution in [-0.2, 0) is 0 Å². The lowest BCUT2D eigenvalue weighted by molar-refractivity contribution is -0.00200. The predicted octanol–water partition coefficient (Wildman–Crippen LogP) is 2.50. The summed E-state index contributed by atoms with van der Waals surface area (Å²) in [5.41, 5.74) is 0. The van der Waals surface area contributed by atoms with E-state index in [0.717, 1.165) is 23.8 Å². The van der Waals surface area contributed by atoms with Gasteiger partial charge >= 0.3 is 0 Å². The van der Waals surface area contributed by atoms with E-state index >= 15 is 0 Å². The van der Waals surface area contributed by atoms with Crippen LogP contribution in [0.3, 0.4) is 0 Å². The summed E-state index contributed by atoms with van der Waals surface area (Å²) in [5.74, 6) is 3.08. The smallest absolute Gasteiger partial charge is 0.0136 e. The SMILES string of the molecule is CNCC1CCC1N1CCC2CCCCC2C1. The van der Waals surface area contributed by atoms with Gasteiger partial charge in [-0.3, -0.25) is 4.90 Å². The van der Waals surface area contributed by atoms with Gasteiger partial charge in [0, 0.05) is 12.6 Å². The third-order valence-electron chi connectivity index (χ3n) is 5.64. The Morgan fingerprint density at radius 1 is 1.00 bits per heavy atom. The van der Waals surface area contributed by atoms with Crippen molar-refractivity contribution in [3.63, 3.8) is 0 Å². The molecule has 2 saturated carbocycles. The Balaban J connectivity index is 1.55. The van der Waals surface area contributed by atoms with Crippen molar-refractivity contribution in [2.45, 2.75) is 51.0 Å². The highest BCUT2D eigenvalue weighted by Crippen LogP contribution is 2.40. The van der Waals surface area contributed by atoms with Crippen molar-refractivity contribution in [1.29, 1.82) is 0 Å². The first-order valence-corrected chi connectivity index (χ1v) is 7.77. The van der Waals surface area contributed by atoms with E-state index in [1.165, 1.54) is 64.6 Å². The van der Waals surface area contributed by atoms with E-state index in [9.17, 15) is 0 Å². The lowest BCUT2D eigenvalue weighted by Gasteiger charge is -2.50. The summed E-state index contributed by atoms with van der Waals surface area (Å²) in [6, 6.07) is 0.922. The van der Waals surface area contributed by atoms with Crippen LogP contribution in [0.25, 0.3) is 0 Å². The van der Waals surface area contributed by atoms with Gasteiger partial charge < -0.3 is 5.32 Å². The second-order valence-corrected chi connectivity index (χ2v) is 6.55. The van der Waals surface area contributed by atoms with Crippen molar-refractivity contribution < 1.29 is 0 Å². The molecule has 1 heterocycles. The summed E-state index contributed by atoms with van der Waals surface area (Å²) >= 11 is 0. The van der Waals surface area contributed by atoms with Crippen LogP contribution in [0.15, 0.2) is 0 Å². The van der Waals surface area contributed by atoms with Crippen molar-refractivity contribution in [3.8, 4) is 0 Å². The van der Waals surface area contributed by atoms with Gasteiger partial charge in [0.05, 0.1) is 0 Å². The number of nitrogens with one attached hydrogen (secondary N) is 1. The van der Waals surface area contributed by atoms with Crippen molar-refractivity contribution in [2.24, 2.45) is 17.8 Å². The fraction of sp³-hybridized carbons (Fsp3) is 1.00. The summed E-state index contributed by atoms with van der Waals surface area (Å²) in [5, 5.41) is 3.37. The molecule has 1 aliphatic heterocycles. The Morgan fingerprint density at radius 3 is 2.53 bits per heavy atom. The molecule has 3 fully saturated rings. The van der Waals surface area contributed by atoms with Crippen LogP contribution in [0, 0.1) is 17.8 Å². The number of hydrogen-bond donors (Lipinski definition) is 1. The first-order valence-electron chi connectivity index (χ1n) is 7.77. The van der Waals surface area contributed by atoms with E-state index in [4.69, 9.17) is 0 Å². The van der Waals surface area contributed by atoms with Gasteiger partial charge in [0.15, 0.2) is 0 Å². The van der Waals surface area contributed by atoms with Gasteiger partial charge in [-0.1, -0.05) is 19.3 Å². The normalized spacial score (nSPS) is 42.9. The topological polar surface area (TPSA) is 15.3 Å². The summed E-state index contributed by atoms with van der Waals surface area (Å²) < 4.78 is 0. The van der Waals surface area contributed by atoms with Gasteiger partial charge in [-0.2, -0.15) is 0 Å². The first kappa shape index (κ1) is 12.0. The zero-order chi connectivity index (χ0) is 11.7. The molecule has 2 aliphatic carbocycles. The maximum Gasteiger partial charge on any atom is 0.0136 e. The Kier molecular flexibility index (Phi) is 3.72. The van der Waals surface area contributed by atoms with Crippen molar-refractivity contribution >= 4 is 0 Å². The molecule has 4 atom stereocenters. The molecule has 0 radical (unpaired) electrons. The van der Waals surface area contributed by atoms with Crippen LogP contribution in [0.2, 0.25) is 0 Å². The van der Waals surface area contributed by atoms with Gasteiger partial charge in [0.25, 0.3) is 0 Å². The zero-order valence-electron chi connectivity index (χ0n) is 11.3. The molecule has 2 heteroatoms. The second-order valence-electron chi connectivity index (χ2n) is 6.55. The van der Waals surface area contributed by atoms with Gasteiger partial charge in [-0.25, -0.2) is 0 Å². The van der Waals surface area contributed by atoms with Crippen LogP contribution < -0.4 is 5.32 Å². The van der Waals surface area contributed by atoms with Crippen LogP contribution in [0.4, 0.5) is 0 Å². The third-order valence-corrected chi connectivity index (χ3v) is 5.64.